The van der Waals surface area contributed by atoms with Gasteiger partial charge in [-0.15, -0.1) is 11.8 Å². The highest BCUT2D eigenvalue weighted by molar-refractivity contribution is 8.00. The quantitative estimate of drug-likeness (QED) is 0.525. The lowest BCUT2D eigenvalue weighted by Gasteiger charge is -2.36. The van der Waals surface area contributed by atoms with Crippen LogP contribution in [0.4, 0.5) is 10.2 Å². The Kier molecular flexibility index (Phi) is 7.05. The van der Waals surface area contributed by atoms with Gasteiger partial charge in [0.1, 0.15) is 17.5 Å². The van der Waals surface area contributed by atoms with Gasteiger partial charge in [-0.1, -0.05) is 30.3 Å². The molecule has 0 saturated carbocycles. The van der Waals surface area contributed by atoms with Crippen molar-refractivity contribution in [3.63, 3.8) is 0 Å². The van der Waals surface area contributed by atoms with Crippen LogP contribution in [0.3, 0.4) is 0 Å². The van der Waals surface area contributed by atoms with Gasteiger partial charge in [0, 0.05) is 48.8 Å². The molecular weight excluding hydrogens is 423 g/mol. The zero-order valence-corrected chi connectivity index (χ0v) is 19.2. The summed E-state index contributed by atoms with van der Waals surface area (Å²) in [6, 6.07) is 16.7. The summed E-state index contributed by atoms with van der Waals surface area (Å²) in [6.45, 7) is 6.63. The first-order valence-corrected chi connectivity index (χ1v) is 11.8. The summed E-state index contributed by atoms with van der Waals surface area (Å²) in [5.74, 6) is 1.98. The largest absolute Gasteiger partial charge is 0.353 e. The third kappa shape index (κ3) is 5.46. The van der Waals surface area contributed by atoms with Crippen molar-refractivity contribution < 1.29 is 9.18 Å². The summed E-state index contributed by atoms with van der Waals surface area (Å²) in [5.41, 5.74) is 2.82. The minimum Gasteiger partial charge on any atom is -0.353 e. The molecule has 1 saturated heterocycles. The molecule has 1 amide bonds. The second kappa shape index (κ2) is 10.1. The molecule has 1 fully saturated rings. The molecule has 1 aliphatic rings. The molecule has 7 heteroatoms. The highest BCUT2D eigenvalue weighted by Gasteiger charge is 2.24. The number of aromatic nitrogens is 2. The molecule has 3 aromatic rings. The molecule has 2 heterocycles. The van der Waals surface area contributed by atoms with E-state index in [2.05, 4.69) is 9.88 Å². The molecule has 32 heavy (non-hydrogen) atoms. The molecule has 0 spiro atoms. The lowest BCUT2D eigenvalue weighted by atomic mass is 10.0. The predicted octanol–water partition coefficient (Wildman–Crippen LogP) is 4.26. The fourth-order valence-electron chi connectivity index (χ4n) is 3.96. The van der Waals surface area contributed by atoms with E-state index < -0.39 is 0 Å². The van der Waals surface area contributed by atoms with Gasteiger partial charge < -0.3 is 9.80 Å². The van der Waals surface area contributed by atoms with Gasteiger partial charge >= 0.3 is 0 Å². The van der Waals surface area contributed by atoms with E-state index in [1.807, 2.05) is 55.1 Å². The maximum Gasteiger partial charge on any atom is 0.233 e. The molecule has 4 rings (SSSR count). The molecule has 2 aromatic carbocycles. The first-order chi connectivity index (χ1) is 15.5. The summed E-state index contributed by atoms with van der Waals surface area (Å²) in [5, 5.41) is 0. The minimum absolute atomic E-state index is 0.161. The Bertz CT molecular complexity index is 1080. The zero-order chi connectivity index (χ0) is 22.5. The van der Waals surface area contributed by atoms with Crippen LogP contribution in [-0.2, 0) is 11.2 Å². The van der Waals surface area contributed by atoms with Crippen molar-refractivity contribution in [1.82, 2.24) is 14.9 Å². The molecule has 1 aromatic heterocycles. The van der Waals surface area contributed by atoms with Crippen molar-refractivity contribution in [3.05, 3.63) is 83.1 Å². The number of thioether (sulfide) groups is 1. The fraction of sp³-hybridized carbons (Fsp3) is 0.320. The van der Waals surface area contributed by atoms with Crippen molar-refractivity contribution in [2.45, 2.75) is 25.2 Å². The third-order valence-corrected chi connectivity index (χ3v) is 6.61. The van der Waals surface area contributed by atoms with Crippen molar-refractivity contribution in [1.29, 1.82) is 0 Å². The predicted molar refractivity (Wildman–Crippen MR) is 127 cm³/mol. The number of aryl methyl sites for hydroxylation is 2. The van der Waals surface area contributed by atoms with E-state index in [-0.39, 0.29) is 11.7 Å². The first kappa shape index (κ1) is 22.3. The van der Waals surface area contributed by atoms with Crippen LogP contribution in [0.15, 0.2) is 59.5 Å². The average Bonchev–Trinajstić information content (AvgIpc) is 2.80. The van der Waals surface area contributed by atoms with Gasteiger partial charge in [0.25, 0.3) is 0 Å². The van der Waals surface area contributed by atoms with Gasteiger partial charge in [-0.3, -0.25) is 4.79 Å². The van der Waals surface area contributed by atoms with E-state index in [0.29, 0.717) is 38.4 Å². The highest BCUT2D eigenvalue weighted by Crippen LogP contribution is 2.26. The van der Waals surface area contributed by atoms with Crippen LogP contribution in [0, 0.1) is 19.7 Å². The number of piperazine rings is 1. The molecule has 5 nitrogen and oxygen atoms in total. The Morgan fingerprint density at radius 1 is 1.00 bits per heavy atom. The van der Waals surface area contributed by atoms with Crippen LogP contribution in [-0.4, -0.2) is 52.7 Å². The summed E-state index contributed by atoms with van der Waals surface area (Å²) in [6.07, 6.45) is 0.575. The Morgan fingerprint density at radius 2 is 1.75 bits per heavy atom. The van der Waals surface area contributed by atoms with Gasteiger partial charge in [0.2, 0.25) is 5.91 Å². The summed E-state index contributed by atoms with van der Waals surface area (Å²) in [7, 11) is 0. The number of hydrogen-bond donors (Lipinski definition) is 0. The number of nitrogens with zero attached hydrogens (tertiary/aromatic N) is 4. The number of carbonyl (C=O) groups is 1. The number of hydrogen-bond acceptors (Lipinski definition) is 5. The van der Waals surface area contributed by atoms with Crippen molar-refractivity contribution in [3.8, 4) is 0 Å². The van der Waals surface area contributed by atoms with Crippen LogP contribution < -0.4 is 4.90 Å². The summed E-state index contributed by atoms with van der Waals surface area (Å²) < 4.78 is 13.7. The summed E-state index contributed by atoms with van der Waals surface area (Å²) >= 11 is 1.57. The van der Waals surface area contributed by atoms with Gasteiger partial charge in [-0.05, 0) is 43.7 Å². The number of benzene rings is 2. The van der Waals surface area contributed by atoms with Crippen LogP contribution in [0.2, 0.25) is 0 Å². The summed E-state index contributed by atoms with van der Waals surface area (Å²) in [4.78, 5) is 27.2. The number of halogens is 1. The average molecular weight is 451 g/mol. The van der Waals surface area contributed by atoms with E-state index in [1.54, 1.807) is 23.9 Å². The van der Waals surface area contributed by atoms with Crippen LogP contribution in [0.25, 0.3) is 0 Å². The molecular formula is C25H27FN4OS. The first-order valence-electron chi connectivity index (χ1n) is 10.8. The van der Waals surface area contributed by atoms with Gasteiger partial charge in [-0.25, -0.2) is 14.4 Å². The normalized spacial score (nSPS) is 14.0. The number of anilines is 1. The van der Waals surface area contributed by atoms with Crippen molar-refractivity contribution in [2.24, 2.45) is 0 Å². The molecule has 0 N–H and O–H groups in total. The molecule has 0 atom stereocenters. The second-order valence-corrected chi connectivity index (χ2v) is 8.98. The zero-order valence-electron chi connectivity index (χ0n) is 18.4. The van der Waals surface area contributed by atoms with E-state index in [9.17, 15) is 9.18 Å². The van der Waals surface area contributed by atoms with E-state index in [1.165, 1.54) is 6.07 Å². The van der Waals surface area contributed by atoms with Crippen LogP contribution in [0.5, 0.6) is 0 Å². The maximum absolute atomic E-state index is 13.7. The lowest BCUT2D eigenvalue weighted by molar-refractivity contribution is -0.128. The maximum atomic E-state index is 13.7. The van der Waals surface area contributed by atoms with Gasteiger partial charge in [0.15, 0.2) is 0 Å². The molecule has 0 bridgehead atoms. The van der Waals surface area contributed by atoms with Crippen molar-refractivity contribution >= 4 is 23.5 Å². The molecule has 0 radical (unpaired) electrons. The van der Waals surface area contributed by atoms with Gasteiger partial charge in [0.05, 0.1) is 5.75 Å². The van der Waals surface area contributed by atoms with Crippen LogP contribution >= 0.6 is 11.8 Å². The number of rotatable bonds is 6. The minimum atomic E-state index is -0.241. The molecule has 0 aliphatic carbocycles. The van der Waals surface area contributed by atoms with E-state index in [0.717, 1.165) is 33.4 Å². The number of amides is 1. The Morgan fingerprint density at radius 3 is 2.47 bits per heavy atom. The van der Waals surface area contributed by atoms with Gasteiger partial charge in [-0.2, -0.15) is 0 Å². The fourth-order valence-corrected chi connectivity index (χ4v) is 4.78. The van der Waals surface area contributed by atoms with Crippen molar-refractivity contribution in [2.75, 3.05) is 36.8 Å². The third-order valence-electron chi connectivity index (χ3n) is 5.61. The van der Waals surface area contributed by atoms with E-state index in [4.69, 9.17) is 4.98 Å². The number of carbonyl (C=O) groups excluding carboxylic acids is 1. The van der Waals surface area contributed by atoms with E-state index >= 15 is 0 Å². The smallest absolute Gasteiger partial charge is 0.233 e. The highest BCUT2D eigenvalue weighted by atomic mass is 32.2. The molecule has 1 aliphatic heterocycles. The standard InChI is InChI=1S/C25H27FN4OS/c1-18-23(16-20-7-6-8-21(26)15-20)25(28-19(2)27-18)30-13-11-29(12-14-30)24(31)17-32-22-9-4-3-5-10-22/h3-10,15H,11-14,16-17H2,1-2H3. The lowest BCUT2D eigenvalue weighted by Crippen LogP contribution is -2.50. The molecule has 166 valence electrons. The Balaban J connectivity index is 1.43. The van der Waals surface area contributed by atoms with Crippen LogP contribution in [0.1, 0.15) is 22.6 Å². The Labute approximate surface area is 192 Å². The molecule has 0 unspecified atom stereocenters. The second-order valence-electron chi connectivity index (χ2n) is 7.93. The SMILES string of the molecule is Cc1nc(C)c(Cc2cccc(F)c2)c(N2CCN(C(=O)CSc3ccccc3)CC2)n1. The monoisotopic (exact) mass is 450 g/mol. The Hall–Kier alpha value is -2.93. The topological polar surface area (TPSA) is 49.3 Å².